The number of aromatic nitrogens is 4. The van der Waals surface area contributed by atoms with Crippen LogP contribution in [-0.2, 0) is 13.1 Å². The van der Waals surface area contributed by atoms with Crippen LogP contribution in [0, 0.1) is 6.92 Å². The van der Waals surface area contributed by atoms with E-state index < -0.39 is 0 Å². The maximum absolute atomic E-state index is 13.0. The molecule has 0 radical (unpaired) electrons. The van der Waals surface area contributed by atoms with Gasteiger partial charge in [0, 0.05) is 11.1 Å². The molecule has 4 aromatic rings. The second-order valence-corrected chi connectivity index (χ2v) is 7.58. The molecule has 0 aliphatic heterocycles. The van der Waals surface area contributed by atoms with Crippen molar-refractivity contribution in [3.63, 3.8) is 0 Å². The molecule has 0 saturated heterocycles. The number of hydrogen-bond acceptors (Lipinski definition) is 3. The lowest BCUT2D eigenvalue weighted by atomic mass is 10.2. The SMILES string of the molecule is Cc1nn(Cc2ccccc2)c(Cl)c1C(=O)Nc1ccnn1Cc1ccccc1Cl. The van der Waals surface area contributed by atoms with Crippen LogP contribution in [0.4, 0.5) is 5.82 Å². The lowest BCUT2D eigenvalue weighted by Gasteiger charge is -2.10. The Balaban J connectivity index is 1.54. The van der Waals surface area contributed by atoms with Gasteiger partial charge in [-0.15, -0.1) is 0 Å². The Hall–Kier alpha value is -3.09. The number of carbonyl (C=O) groups excluding carboxylic acids is 1. The number of nitrogens with one attached hydrogen (secondary N) is 1. The van der Waals surface area contributed by atoms with E-state index in [1.54, 1.807) is 28.6 Å². The third kappa shape index (κ3) is 4.25. The number of aryl methyl sites for hydroxylation is 1. The third-order valence-corrected chi connectivity index (χ3v) is 5.46. The van der Waals surface area contributed by atoms with E-state index in [0.717, 1.165) is 11.1 Å². The molecule has 4 rings (SSSR count). The first-order chi connectivity index (χ1) is 14.5. The van der Waals surface area contributed by atoms with Crippen molar-refractivity contribution in [1.82, 2.24) is 19.6 Å². The van der Waals surface area contributed by atoms with Crippen molar-refractivity contribution in [3.8, 4) is 0 Å². The van der Waals surface area contributed by atoms with E-state index in [4.69, 9.17) is 23.2 Å². The molecule has 6 nitrogen and oxygen atoms in total. The van der Waals surface area contributed by atoms with E-state index in [0.29, 0.717) is 40.3 Å². The Labute approximate surface area is 184 Å². The van der Waals surface area contributed by atoms with Crippen LogP contribution < -0.4 is 5.32 Å². The molecule has 30 heavy (non-hydrogen) atoms. The number of anilines is 1. The van der Waals surface area contributed by atoms with Crippen LogP contribution in [0.5, 0.6) is 0 Å². The van der Waals surface area contributed by atoms with Crippen LogP contribution in [0.15, 0.2) is 66.9 Å². The predicted molar refractivity (Wildman–Crippen MR) is 118 cm³/mol. The lowest BCUT2D eigenvalue weighted by molar-refractivity contribution is 0.102. The Morgan fingerprint density at radius 1 is 0.967 bits per heavy atom. The normalized spacial score (nSPS) is 10.9. The van der Waals surface area contributed by atoms with Crippen LogP contribution in [0.2, 0.25) is 10.2 Å². The molecule has 152 valence electrons. The van der Waals surface area contributed by atoms with Crippen LogP contribution in [0.1, 0.15) is 27.2 Å². The van der Waals surface area contributed by atoms with Gasteiger partial charge in [0.25, 0.3) is 5.91 Å². The van der Waals surface area contributed by atoms with Crippen molar-refractivity contribution < 1.29 is 4.79 Å². The van der Waals surface area contributed by atoms with Gasteiger partial charge >= 0.3 is 0 Å². The molecule has 2 aromatic carbocycles. The van der Waals surface area contributed by atoms with E-state index in [9.17, 15) is 4.79 Å². The molecule has 0 unspecified atom stereocenters. The highest BCUT2D eigenvalue weighted by Crippen LogP contribution is 2.23. The van der Waals surface area contributed by atoms with Gasteiger partial charge < -0.3 is 5.32 Å². The number of amides is 1. The monoisotopic (exact) mass is 439 g/mol. The summed E-state index contributed by atoms with van der Waals surface area (Å²) in [6.45, 7) is 2.68. The molecule has 8 heteroatoms. The maximum atomic E-state index is 13.0. The van der Waals surface area contributed by atoms with Crippen molar-refractivity contribution in [3.05, 3.63) is 99.4 Å². The minimum Gasteiger partial charge on any atom is -0.307 e. The van der Waals surface area contributed by atoms with Gasteiger partial charge in [-0.2, -0.15) is 10.2 Å². The average Bonchev–Trinajstić information content (AvgIpc) is 3.28. The molecule has 2 heterocycles. The van der Waals surface area contributed by atoms with Crippen molar-refractivity contribution in [2.24, 2.45) is 0 Å². The summed E-state index contributed by atoms with van der Waals surface area (Å²) in [5, 5.41) is 12.6. The molecule has 0 atom stereocenters. The minimum atomic E-state index is -0.335. The first-order valence-corrected chi connectivity index (χ1v) is 10.1. The average molecular weight is 440 g/mol. The lowest BCUT2D eigenvalue weighted by Crippen LogP contribution is -2.17. The molecule has 0 spiro atoms. The van der Waals surface area contributed by atoms with Crippen molar-refractivity contribution in [2.75, 3.05) is 5.32 Å². The summed E-state index contributed by atoms with van der Waals surface area (Å²) in [5.41, 5.74) is 2.86. The fraction of sp³-hybridized carbons (Fsp3) is 0.136. The van der Waals surface area contributed by atoms with E-state index >= 15 is 0 Å². The highest BCUT2D eigenvalue weighted by molar-refractivity contribution is 6.33. The standard InChI is InChI=1S/C22H19Cl2N5O/c1-15-20(21(24)29(27-15)13-16-7-3-2-4-8-16)22(30)26-19-11-12-25-28(19)14-17-9-5-6-10-18(17)23/h2-12H,13-14H2,1H3,(H,26,30). The summed E-state index contributed by atoms with van der Waals surface area (Å²) in [6, 6.07) is 19.1. The largest absolute Gasteiger partial charge is 0.307 e. The zero-order valence-electron chi connectivity index (χ0n) is 16.2. The number of hydrogen-bond donors (Lipinski definition) is 1. The van der Waals surface area contributed by atoms with E-state index in [1.807, 2.05) is 54.6 Å². The first kappa shape index (κ1) is 20.2. The zero-order chi connectivity index (χ0) is 21.1. The quantitative estimate of drug-likeness (QED) is 0.457. The molecule has 1 N–H and O–H groups in total. The van der Waals surface area contributed by atoms with E-state index in [-0.39, 0.29) is 5.91 Å². The summed E-state index contributed by atoms with van der Waals surface area (Å²) < 4.78 is 3.30. The molecule has 0 fully saturated rings. The Morgan fingerprint density at radius 3 is 2.47 bits per heavy atom. The Bertz CT molecular complexity index is 1180. The fourth-order valence-corrected chi connectivity index (χ4v) is 3.72. The smallest absolute Gasteiger partial charge is 0.261 e. The van der Waals surface area contributed by atoms with Gasteiger partial charge in [-0.05, 0) is 24.1 Å². The Morgan fingerprint density at radius 2 is 1.70 bits per heavy atom. The first-order valence-electron chi connectivity index (χ1n) is 9.36. The van der Waals surface area contributed by atoms with Crippen molar-refractivity contribution in [1.29, 1.82) is 0 Å². The molecule has 0 aliphatic rings. The predicted octanol–water partition coefficient (Wildman–Crippen LogP) is 5.04. The molecule has 1 amide bonds. The van der Waals surface area contributed by atoms with Crippen LogP contribution in [0.3, 0.4) is 0 Å². The van der Waals surface area contributed by atoms with E-state index in [1.165, 1.54) is 0 Å². The van der Waals surface area contributed by atoms with Crippen molar-refractivity contribution in [2.45, 2.75) is 20.0 Å². The highest BCUT2D eigenvalue weighted by atomic mass is 35.5. The number of halogens is 2. The zero-order valence-corrected chi connectivity index (χ0v) is 17.7. The van der Waals surface area contributed by atoms with Gasteiger partial charge in [0.15, 0.2) is 0 Å². The Kier molecular flexibility index (Phi) is 5.88. The second kappa shape index (κ2) is 8.73. The summed E-state index contributed by atoms with van der Waals surface area (Å²) >= 11 is 12.8. The molecular formula is C22H19Cl2N5O. The van der Waals surface area contributed by atoms with Crippen molar-refractivity contribution >= 4 is 34.9 Å². The van der Waals surface area contributed by atoms with Gasteiger partial charge in [-0.1, -0.05) is 71.7 Å². The second-order valence-electron chi connectivity index (χ2n) is 6.81. The maximum Gasteiger partial charge on any atom is 0.261 e. The number of carbonyl (C=O) groups is 1. The third-order valence-electron chi connectivity index (χ3n) is 4.70. The minimum absolute atomic E-state index is 0.297. The van der Waals surface area contributed by atoms with Crippen LogP contribution in [-0.4, -0.2) is 25.5 Å². The van der Waals surface area contributed by atoms with Gasteiger partial charge in [-0.25, -0.2) is 9.36 Å². The van der Waals surface area contributed by atoms with Gasteiger partial charge in [0.05, 0.1) is 30.5 Å². The molecule has 0 bridgehead atoms. The molecule has 0 aliphatic carbocycles. The number of benzene rings is 2. The van der Waals surface area contributed by atoms with Crippen LogP contribution in [0.25, 0.3) is 0 Å². The highest BCUT2D eigenvalue weighted by Gasteiger charge is 2.21. The van der Waals surface area contributed by atoms with Crippen LogP contribution >= 0.6 is 23.2 Å². The summed E-state index contributed by atoms with van der Waals surface area (Å²) in [6.07, 6.45) is 1.62. The van der Waals surface area contributed by atoms with E-state index in [2.05, 4.69) is 15.5 Å². The number of rotatable bonds is 6. The fourth-order valence-electron chi connectivity index (χ4n) is 3.20. The molecule has 2 aromatic heterocycles. The molecular weight excluding hydrogens is 421 g/mol. The summed E-state index contributed by atoms with van der Waals surface area (Å²) in [5.74, 6) is 0.212. The summed E-state index contributed by atoms with van der Waals surface area (Å²) in [4.78, 5) is 13.0. The van der Waals surface area contributed by atoms with Gasteiger partial charge in [0.2, 0.25) is 0 Å². The van der Waals surface area contributed by atoms with Gasteiger partial charge in [0.1, 0.15) is 11.0 Å². The number of nitrogens with zero attached hydrogens (tertiary/aromatic N) is 4. The van der Waals surface area contributed by atoms with Gasteiger partial charge in [-0.3, -0.25) is 4.79 Å². The summed E-state index contributed by atoms with van der Waals surface area (Å²) in [7, 11) is 0. The molecule has 0 saturated carbocycles. The topological polar surface area (TPSA) is 64.7 Å².